The van der Waals surface area contributed by atoms with Gasteiger partial charge >= 0.3 is 0 Å². The van der Waals surface area contributed by atoms with Gasteiger partial charge in [0.1, 0.15) is 0 Å². The number of para-hydroxylation sites is 1. The molecule has 2 aromatic rings. The average Bonchev–Trinajstić information content (AvgIpc) is 2.19. The van der Waals surface area contributed by atoms with E-state index in [0.717, 1.165) is 0 Å². The van der Waals surface area contributed by atoms with Crippen LogP contribution >= 0.6 is 11.6 Å². The van der Waals surface area contributed by atoms with Crippen molar-refractivity contribution in [2.45, 2.75) is 0 Å². The second-order valence-corrected chi connectivity index (χ2v) is 3.11. The van der Waals surface area contributed by atoms with E-state index in [1.165, 1.54) is 0 Å². The molecule has 5 heteroatoms. The molecule has 14 heavy (non-hydrogen) atoms. The Bertz CT molecular complexity index is 562. The van der Waals surface area contributed by atoms with Gasteiger partial charge in [0, 0.05) is 0 Å². The molecule has 0 fully saturated rings. The molecule has 1 aromatic carbocycles. The van der Waals surface area contributed by atoms with E-state index in [2.05, 4.69) is 9.97 Å². The molecule has 0 radical (unpaired) electrons. The zero-order valence-corrected chi connectivity index (χ0v) is 7.71. The fourth-order valence-electron chi connectivity index (χ4n) is 1.20. The van der Waals surface area contributed by atoms with Gasteiger partial charge in [-0.1, -0.05) is 17.7 Å². The zero-order valence-electron chi connectivity index (χ0n) is 6.95. The van der Waals surface area contributed by atoms with E-state index < -0.39 is 0 Å². The minimum Gasteiger partial charge on any atom is -0.304 e. The van der Waals surface area contributed by atoms with E-state index in [-0.39, 0.29) is 11.4 Å². The number of carbonyl (C=O) groups excluding carboxylic acids is 1. The molecule has 0 amide bonds. The van der Waals surface area contributed by atoms with Gasteiger partial charge in [-0.25, -0.2) is 4.98 Å². The monoisotopic (exact) mass is 208 g/mol. The van der Waals surface area contributed by atoms with Crippen LogP contribution in [0.25, 0.3) is 10.9 Å². The fraction of sp³-hybridized carbons (Fsp3) is 0. The van der Waals surface area contributed by atoms with Crippen LogP contribution in [-0.2, 0) is 0 Å². The first-order chi connectivity index (χ1) is 6.72. The topological polar surface area (TPSA) is 62.8 Å². The molecule has 0 aliphatic carbocycles. The number of aldehydes is 1. The maximum Gasteiger partial charge on any atom is 0.259 e. The van der Waals surface area contributed by atoms with Crippen LogP contribution in [0.2, 0.25) is 5.02 Å². The molecule has 0 aliphatic heterocycles. The highest BCUT2D eigenvalue weighted by atomic mass is 35.5. The lowest BCUT2D eigenvalue weighted by molar-refractivity contribution is 0.111. The molecule has 0 atom stereocenters. The van der Waals surface area contributed by atoms with E-state index >= 15 is 0 Å². The summed E-state index contributed by atoms with van der Waals surface area (Å²) in [6, 6.07) is 4.87. The third kappa shape index (κ3) is 1.29. The Hall–Kier alpha value is -1.68. The SMILES string of the molecule is O=Cc1nc2c(Cl)cccc2c(=O)[nH]1. The Morgan fingerprint density at radius 1 is 1.43 bits per heavy atom. The van der Waals surface area contributed by atoms with Crippen LogP contribution in [0, 0.1) is 0 Å². The third-order valence-electron chi connectivity index (χ3n) is 1.82. The van der Waals surface area contributed by atoms with Gasteiger partial charge in [0.15, 0.2) is 12.1 Å². The Morgan fingerprint density at radius 3 is 2.93 bits per heavy atom. The van der Waals surface area contributed by atoms with E-state index in [1.54, 1.807) is 18.2 Å². The summed E-state index contributed by atoms with van der Waals surface area (Å²) >= 11 is 5.83. The quantitative estimate of drug-likeness (QED) is 0.721. The van der Waals surface area contributed by atoms with Crippen LogP contribution in [0.1, 0.15) is 10.6 Å². The van der Waals surface area contributed by atoms with Gasteiger partial charge in [0.25, 0.3) is 5.56 Å². The van der Waals surface area contributed by atoms with Crippen LogP contribution in [0.5, 0.6) is 0 Å². The number of hydrogen-bond donors (Lipinski definition) is 1. The van der Waals surface area contributed by atoms with E-state index in [1.807, 2.05) is 0 Å². The van der Waals surface area contributed by atoms with Crippen LogP contribution in [0.15, 0.2) is 23.0 Å². The normalized spacial score (nSPS) is 10.4. The summed E-state index contributed by atoms with van der Waals surface area (Å²) in [7, 11) is 0. The molecule has 0 spiro atoms. The van der Waals surface area contributed by atoms with Crippen molar-refractivity contribution in [2.75, 3.05) is 0 Å². The molecule has 0 unspecified atom stereocenters. The van der Waals surface area contributed by atoms with Crippen molar-refractivity contribution in [2.24, 2.45) is 0 Å². The summed E-state index contributed by atoms with van der Waals surface area (Å²) in [6.07, 6.45) is 0.476. The summed E-state index contributed by atoms with van der Waals surface area (Å²) in [6.45, 7) is 0. The molecule has 0 aliphatic rings. The smallest absolute Gasteiger partial charge is 0.259 e. The van der Waals surface area contributed by atoms with Crippen LogP contribution in [0.3, 0.4) is 0 Å². The minimum atomic E-state index is -0.361. The fourth-order valence-corrected chi connectivity index (χ4v) is 1.42. The summed E-state index contributed by atoms with van der Waals surface area (Å²) in [4.78, 5) is 28.1. The number of aromatic amines is 1. The number of nitrogens with one attached hydrogen (secondary N) is 1. The Morgan fingerprint density at radius 2 is 2.21 bits per heavy atom. The number of aromatic nitrogens is 2. The molecular weight excluding hydrogens is 204 g/mol. The molecule has 1 heterocycles. The van der Waals surface area contributed by atoms with Crippen molar-refractivity contribution in [1.82, 2.24) is 9.97 Å². The lowest BCUT2D eigenvalue weighted by atomic mass is 10.2. The predicted octanol–water partition coefficient (Wildman–Crippen LogP) is 1.39. The molecule has 1 aromatic heterocycles. The Labute approximate surface area is 83.5 Å². The van der Waals surface area contributed by atoms with Gasteiger partial charge in [0.05, 0.1) is 15.9 Å². The van der Waals surface area contributed by atoms with E-state index in [4.69, 9.17) is 11.6 Å². The van der Waals surface area contributed by atoms with Gasteiger partial charge < -0.3 is 4.98 Å². The first-order valence-corrected chi connectivity index (χ1v) is 4.24. The summed E-state index contributed by atoms with van der Waals surface area (Å²) in [5.74, 6) is -0.0180. The molecule has 70 valence electrons. The van der Waals surface area contributed by atoms with Gasteiger partial charge in [-0.2, -0.15) is 0 Å². The van der Waals surface area contributed by atoms with Crippen molar-refractivity contribution < 1.29 is 4.79 Å². The van der Waals surface area contributed by atoms with Crippen molar-refractivity contribution in [1.29, 1.82) is 0 Å². The third-order valence-corrected chi connectivity index (χ3v) is 2.12. The van der Waals surface area contributed by atoms with Crippen molar-refractivity contribution >= 4 is 28.8 Å². The highest BCUT2D eigenvalue weighted by molar-refractivity contribution is 6.35. The number of rotatable bonds is 1. The average molecular weight is 209 g/mol. The van der Waals surface area contributed by atoms with Gasteiger partial charge in [-0.05, 0) is 12.1 Å². The van der Waals surface area contributed by atoms with Gasteiger partial charge in [-0.15, -0.1) is 0 Å². The predicted molar refractivity (Wildman–Crippen MR) is 52.8 cm³/mol. The van der Waals surface area contributed by atoms with Gasteiger partial charge in [0.2, 0.25) is 0 Å². The molecule has 2 rings (SSSR count). The highest BCUT2D eigenvalue weighted by Gasteiger charge is 2.05. The van der Waals surface area contributed by atoms with Crippen molar-refractivity contribution in [3.05, 3.63) is 39.4 Å². The maximum absolute atomic E-state index is 11.4. The Balaban J connectivity index is 2.97. The number of hydrogen-bond acceptors (Lipinski definition) is 3. The highest BCUT2D eigenvalue weighted by Crippen LogP contribution is 2.17. The standard InChI is InChI=1S/C9H5ClN2O2/c10-6-3-1-2-5-8(6)11-7(4-13)12-9(5)14/h1-4H,(H,11,12,14). The number of H-pyrrole nitrogens is 1. The van der Waals surface area contributed by atoms with Crippen molar-refractivity contribution in [3.8, 4) is 0 Å². The molecule has 0 bridgehead atoms. The number of nitrogens with zero attached hydrogens (tertiary/aromatic N) is 1. The second kappa shape index (κ2) is 3.23. The molecule has 0 saturated heterocycles. The van der Waals surface area contributed by atoms with Crippen molar-refractivity contribution in [3.63, 3.8) is 0 Å². The Kier molecular flexibility index (Phi) is 2.05. The number of benzene rings is 1. The van der Waals surface area contributed by atoms with Crippen LogP contribution in [-0.4, -0.2) is 16.3 Å². The summed E-state index contributed by atoms with van der Waals surface area (Å²) < 4.78 is 0. The maximum atomic E-state index is 11.4. The molecule has 1 N–H and O–H groups in total. The molecule has 0 saturated carbocycles. The molecular formula is C9H5ClN2O2. The molecule has 4 nitrogen and oxygen atoms in total. The number of carbonyl (C=O) groups is 1. The summed E-state index contributed by atoms with van der Waals surface area (Å²) in [5.41, 5.74) is -0.0142. The first-order valence-electron chi connectivity index (χ1n) is 3.86. The summed E-state index contributed by atoms with van der Waals surface area (Å²) in [5, 5.41) is 0.736. The van der Waals surface area contributed by atoms with Gasteiger partial charge in [-0.3, -0.25) is 9.59 Å². The van der Waals surface area contributed by atoms with E-state index in [0.29, 0.717) is 22.2 Å². The largest absolute Gasteiger partial charge is 0.304 e. The first kappa shape index (κ1) is 8.90. The number of fused-ring (bicyclic) bond motifs is 1. The second-order valence-electron chi connectivity index (χ2n) is 2.71. The number of halogens is 1. The lowest BCUT2D eigenvalue weighted by Crippen LogP contribution is -2.11. The lowest BCUT2D eigenvalue weighted by Gasteiger charge is -1.98. The van der Waals surface area contributed by atoms with E-state index in [9.17, 15) is 9.59 Å². The van der Waals surface area contributed by atoms with Crippen LogP contribution in [0.4, 0.5) is 0 Å². The minimum absolute atomic E-state index is 0.0180. The zero-order chi connectivity index (χ0) is 10.1. The van der Waals surface area contributed by atoms with Crippen LogP contribution < -0.4 is 5.56 Å².